The quantitative estimate of drug-likeness (QED) is 0.713. The van der Waals surface area contributed by atoms with Gasteiger partial charge in [-0.15, -0.1) is 10.2 Å². The zero-order chi connectivity index (χ0) is 17.2. The third kappa shape index (κ3) is 3.24. The number of hydrogen-bond acceptors (Lipinski definition) is 4. The van der Waals surface area contributed by atoms with E-state index in [0.29, 0.717) is 5.92 Å². The average molecular weight is 354 g/mol. The van der Waals surface area contributed by atoms with Crippen molar-refractivity contribution in [3.05, 3.63) is 65.3 Å². The molecular weight excluding hydrogens is 334 g/mol. The molecule has 6 heteroatoms. The van der Waals surface area contributed by atoms with E-state index >= 15 is 0 Å². The lowest BCUT2D eigenvalue weighted by Crippen LogP contribution is -2.34. The Labute approximate surface area is 152 Å². The van der Waals surface area contributed by atoms with Crippen LogP contribution in [0.25, 0.3) is 5.69 Å². The molecule has 1 fully saturated rings. The normalized spacial score (nSPS) is 15.5. The molecule has 3 heterocycles. The lowest BCUT2D eigenvalue weighted by molar-refractivity contribution is 0.477. The molecule has 0 unspecified atom stereocenters. The van der Waals surface area contributed by atoms with Crippen LogP contribution < -0.4 is 4.90 Å². The molecule has 0 aliphatic carbocycles. The molecule has 0 radical (unpaired) electrons. The SMILES string of the molecule is Cc1nnc(C2CCN(c3ccccn3)CC2)n1-c1ccc(Cl)cc1. The Morgan fingerprint density at radius 3 is 2.44 bits per heavy atom. The summed E-state index contributed by atoms with van der Waals surface area (Å²) in [7, 11) is 0. The molecule has 0 N–H and O–H groups in total. The van der Waals surface area contributed by atoms with Crippen molar-refractivity contribution in [3.63, 3.8) is 0 Å². The minimum absolute atomic E-state index is 0.400. The summed E-state index contributed by atoms with van der Waals surface area (Å²) in [6, 6.07) is 13.9. The second-order valence-electron chi connectivity index (χ2n) is 6.37. The smallest absolute Gasteiger partial charge is 0.140 e. The first-order chi connectivity index (χ1) is 12.2. The molecule has 2 aromatic heterocycles. The van der Waals surface area contributed by atoms with Gasteiger partial charge < -0.3 is 4.90 Å². The van der Waals surface area contributed by atoms with Crippen molar-refractivity contribution in [2.75, 3.05) is 18.0 Å². The van der Waals surface area contributed by atoms with Crippen molar-refractivity contribution < 1.29 is 0 Å². The van der Waals surface area contributed by atoms with Crippen LogP contribution in [0.5, 0.6) is 0 Å². The van der Waals surface area contributed by atoms with Crippen LogP contribution in [0.1, 0.15) is 30.4 Å². The van der Waals surface area contributed by atoms with Crippen molar-refractivity contribution in [1.29, 1.82) is 0 Å². The van der Waals surface area contributed by atoms with Crippen LogP contribution in [0.4, 0.5) is 5.82 Å². The van der Waals surface area contributed by atoms with Gasteiger partial charge in [0.05, 0.1) is 0 Å². The maximum atomic E-state index is 6.02. The van der Waals surface area contributed by atoms with Crippen LogP contribution in [0.3, 0.4) is 0 Å². The molecule has 5 nitrogen and oxygen atoms in total. The number of pyridine rings is 1. The van der Waals surface area contributed by atoms with E-state index in [2.05, 4.69) is 30.7 Å². The third-order valence-electron chi connectivity index (χ3n) is 4.77. The molecule has 1 saturated heterocycles. The largest absolute Gasteiger partial charge is 0.357 e. The zero-order valence-corrected chi connectivity index (χ0v) is 14.9. The molecule has 0 saturated carbocycles. The van der Waals surface area contributed by atoms with E-state index < -0.39 is 0 Å². The number of hydrogen-bond donors (Lipinski definition) is 0. The second kappa shape index (κ2) is 6.84. The minimum Gasteiger partial charge on any atom is -0.357 e. The summed E-state index contributed by atoms with van der Waals surface area (Å²) < 4.78 is 2.15. The Hall–Kier alpha value is -2.40. The van der Waals surface area contributed by atoms with Gasteiger partial charge in [-0.25, -0.2) is 4.98 Å². The van der Waals surface area contributed by atoms with Crippen molar-refractivity contribution >= 4 is 17.4 Å². The zero-order valence-electron chi connectivity index (χ0n) is 14.1. The van der Waals surface area contributed by atoms with Gasteiger partial charge in [-0.3, -0.25) is 4.57 Å². The van der Waals surface area contributed by atoms with Crippen molar-refractivity contribution in [2.24, 2.45) is 0 Å². The Morgan fingerprint density at radius 1 is 1.00 bits per heavy atom. The Morgan fingerprint density at radius 2 is 1.76 bits per heavy atom. The van der Waals surface area contributed by atoms with Gasteiger partial charge >= 0.3 is 0 Å². The Kier molecular flexibility index (Phi) is 4.40. The molecule has 1 aliphatic rings. The van der Waals surface area contributed by atoms with Gasteiger partial charge in [-0.1, -0.05) is 17.7 Å². The number of aromatic nitrogens is 4. The molecule has 3 aromatic rings. The summed E-state index contributed by atoms with van der Waals surface area (Å²) in [5, 5.41) is 9.54. The van der Waals surface area contributed by atoms with Crippen LogP contribution in [0.2, 0.25) is 5.02 Å². The van der Waals surface area contributed by atoms with E-state index in [1.54, 1.807) is 0 Å². The van der Waals surface area contributed by atoms with Gasteiger partial charge in [0.1, 0.15) is 17.5 Å². The number of rotatable bonds is 3. The fourth-order valence-electron chi connectivity index (χ4n) is 3.46. The van der Waals surface area contributed by atoms with Crippen LogP contribution in [-0.4, -0.2) is 32.8 Å². The first-order valence-electron chi connectivity index (χ1n) is 8.56. The number of aryl methyl sites for hydroxylation is 1. The van der Waals surface area contributed by atoms with Gasteiger partial charge in [0.2, 0.25) is 0 Å². The molecule has 1 aromatic carbocycles. The van der Waals surface area contributed by atoms with Crippen LogP contribution in [-0.2, 0) is 0 Å². The van der Waals surface area contributed by atoms with Crippen LogP contribution in [0, 0.1) is 6.92 Å². The van der Waals surface area contributed by atoms with Gasteiger partial charge in [0.15, 0.2) is 0 Å². The lowest BCUT2D eigenvalue weighted by atomic mass is 9.95. The van der Waals surface area contributed by atoms with E-state index in [9.17, 15) is 0 Å². The molecular formula is C19H20ClN5. The number of nitrogens with zero attached hydrogens (tertiary/aromatic N) is 5. The predicted molar refractivity (Wildman–Crippen MR) is 99.5 cm³/mol. The monoisotopic (exact) mass is 353 g/mol. The highest BCUT2D eigenvalue weighted by Gasteiger charge is 2.26. The highest BCUT2D eigenvalue weighted by molar-refractivity contribution is 6.30. The van der Waals surface area contributed by atoms with Crippen molar-refractivity contribution in [2.45, 2.75) is 25.7 Å². The van der Waals surface area contributed by atoms with E-state index in [4.69, 9.17) is 11.6 Å². The second-order valence-corrected chi connectivity index (χ2v) is 6.80. The van der Waals surface area contributed by atoms with Crippen molar-refractivity contribution in [3.8, 4) is 5.69 Å². The van der Waals surface area contributed by atoms with Crippen LogP contribution in [0.15, 0.2) is 48.7 Å². The molecule has 0 amide bonds. The highest BCUT2D eigenvalue weighted by Crippen LogP contribution is 2.30. The fraction of sp³-hybridized carbons (Fsp3) is 0.316. The number of benzene rings is 1. The highest BCUT2D eigenvalue weighted by atomic mass is 35.5. The summed E-state index contributed by atoms with van der Waals surface area (Å²) in [6.07, 6.45) is 3.94. The minimum atomic E-state index is 0.400. The molecule has 0 spiro atoms. The molecule has 25 heavy (non-hydrogen) atoms. The summed E-state index contributed by atoms with van der Waals surface area (Å²) in [5.74, 6) is 3.40. The number of halogens is 1. The molecule has 128 valence electrons. The Bertz CT molecular complexity index is 836. The lowest BCUT2D eigenvalue weighted by Gasteiger charge is -2.32. The van der Waals surface area contributed by atoms with Gasteiger partial charge in [0, 0.05) is 35.9 Å². The first-order valence-corrected chi connectivity index (χ1v) is 8.94. The topological polar surface area (TPSA) is 46.8 Å². The van der Waals surface area contributed by atoms with E-state index in [0.717, 1.165) is 54.1 Å². The predicted octanol–water partition coefficient (Wildman–Crippen LogP) is 4.01. The van der Waals surface area contributed by atoms with E-state index in [1.807, 2.05) is 49.5 Å². The van der Waals surface area contributed by atoms with Crippen molar-refractivity contribution in [1.82, 2.24) is 19.7 Å². The molecule has 1 aliphatic heterocycles. The van der Waals surface area contributed by atoms with E-state index in [1.165, 1.54) is 0 Å². The van der Waals surface area contributed by atoms with Gasteiger partial charge in [-0.2, -0.15) is 0 Å². The maximum Gasteiger partial charge on any atom is 0.140 e. The van der Waals surface area contributed by atoms with E-state index in [-0.39, 0.29) is 0 Å². The molecule has 4 rings (SSSR count). The van der Waals surface area contributed by atoms with Crippen LogP contribution >= 0.6 is 11.6 Å². The summed E-state index contributed by atoms with van der Waals surface area (Å²) in [5.41, 5.74) is 1.06. The van der Waals surface area contributed by atoms with Gasteiger partial charge in [0.25, 0.3) is 0 Å². The fourth-order valence-corrected chi connectivity index (χ4v) is 3.59. The summed E-state index contributed by atoms with van der Waals surface area (Å²) in [4.78, 5) is 6.80. The first kappa shape index (κ1) is 16.1. The summed E-state index contributed by atoms with van der Waals surface area (Å²) in [6.45, 7) is 3.95. The number of anilines is 1. The third-order valence-corrected chi connectivity index (χ3v) is 5.02. The average Bonchev–Trinajstić information content (AvgIpc) is 3.05. The maximum absolute atomic E-state index is 6.02. The van der Waals surface area contributed by atoms with Gasteiger partial charge in [-0.05, 0) is 56.2 Å². The number of piperidine rings is 1. The summed E-state index contributed by atoms with van der Waals surface area (Å²) >= 11 is 6.02. The molecule has 0 bridgehead atoms. The standard InChI is InChI=1S/C19H20ClN5/c1-14-22-23-19(25(14)17-7-5-16(20)6-8-17)15-9-12-24(13-10-15)18-4-2-3-11-21-18/h2-8,11,15H,9-10,12-13H2,1H3. The Balaban J connectivity index is 1.55. The molecule has 0 atom stereocenters.